The number of nitrogens with zero attached hydrogens (tertiary/aromatic N) is 1. The minimum atomic E-state index is 0.352. The topological polar surface area (TPSA) is 50.9 Å². The van der Waals surface area contributed by atoms with Crippen LogP contribution in [-0.4, -0.2) is 11.0 Å². The van der Waals surface area contributed by atoms with Crippen LogP contribution in [0.15, 0.2) is 11.7 Å². The summed E-state index contributed by atoms with van der Waals surface area (Å²) < 4.78 is 0. The Morgan fingerprint density at radius 3 is 2.44 bits per heavy atom. The van der Waals surface area contributed by atoms with Crippen LogP contribution in [0.1, 0.15) is 32.6 Å². The van der Waals surface area contributed by atoms with Gasteiger partial charge in [-0.15, -0.1) is 11.3 Å². The molecule has 90 valence electrons. The van der Waals surface area contributed by atoms with Gasteiger partial charge in [0.15, 0.2) is 0 Å². The molecule has 1 saturated carbocycles. The minimum Gasteiger partial charge on any atom is -0.271 e. The van der Waals surface area contributed by atoms with E-state index in [0.29, 0.717) is 22.8 Å². The molecule has 1 heterocycles. The molecule has 1 aliphatic rings. The summed E-state index contributed by atoms with van der Waals surface area (Å²) in [5.74, 6) is 6.34. The highest BCUT2D eigenvalue weighted by molar-refractivity contribution is 7.09. The van der Waals surface area contributed by atoms with E-state index in [0.717, 1.165) is 6.42 Å². The lowest BCUT2D eigenvalue weighted by Crippen LogP contribution is -2.40. The van der Waals surface area contributed by atoms with Gasteiger partial charge in [-0.3, -0.25) is 16.3 Å². The maximum absolute atomic E-state index is 5.71. The van der Waals surface area contributed by atoms with Crippen LogP contribution in [-0.2, 0) is 6.42 Å². The molecule has 0 amide bonds. The highest BCUT2D eigenvalue weighted by Gasteiger charge is 2.66. The average Bonchev–Trinajstić information content (AvgIpc) is 2.63. The summed E-state index contributed by atoms with van der Waals surface area (Å²) in [6.45, 7) is 9.31. The number of nitrogens with one attached hydrogen (secondary N) is 1. The van der Waals surface area contributed by atoms with Crippen LogP contribution >= 0.6 is 11.3 Å². The summed E-state index contributed by atoms with van der Waals surface area (Å²) >= 11 is 1.71. The van der Waals surface area contributed by atoms with Crippen molar-refractivity contribution in [3.8, 4) is 0 Å². The molecular formula is C12H21N3S. The van der Waals surface area contributed by atoms with Crippen molar-refractivity contribution in [3.63, 3.8) is 0 Å². The van der Waals surface area contributed by atoms with Crippen LogP contribution < -0.4 is 11.3 Å². The first kappa shape index (κ1) is 12.0. The van der Waals surface area contributed by atoms with Crippen LogP contribution in [0, 0.1) is 16.7 Å². The molecule has 1 aromatic heterocycles. The Balaban J connectivity index is 2.08. The van der Waals surface area contributed by atoms with Crippen LogP contribution in [0.2, 0.25) is 0 Å². The zero-order chi connectivity index (χ0) is 12.0. The lowest BCUT2D eigenvalue weighted by molar-refractivity contribution is 0.404. The van der Waals surface area contributed by atoms with Gasteiger partial charge in [0.05, 0.1) is 5.51 Å². The molecule has 1 unspecified atom stereocenters. The van der Waals surface area contributed by atoms with Gasteiger partial charge in [-0.1, -0.05) is 27.7 Å². The van der Waals surface area contributed by atoms with Gasteiger partial charge >= 0.3 is 0 Å². The number of nitrogens with two attached hydrogens (primary N) is 1. The number of hydrogen-bond donors (Lipinski definition) is 2. The van der Waals surface area contributed by atoms with E-state index in [1.54, 1.807) is 11.3 Å². The standard InChI is InChI=1S/C12H21N3S/c1-11(2)10(12(11,3)4)9(15-13)5-8-6-14-7-16-8/h6-7,9-10,15H,5,13H2,1-4H3. The summed E-state index contributed by atoms with van der Waals surface area (Å²) in [6, 6.07) is 0.352. The first-order valence-corrected chi connectivity index (χ1v) is 6.62. The van der Waals surface area contributed by atoms with Crippen molar-refractivity contribution >= 4 is 11.3 Å². The third kappa shape index (κ3) is 1.69. The first-order chi connectivity index (χ1) is 7.41. The Hall–Kier alpha value is -0.450. The third-order valence-corrected chi connectivity index (χ3v) is 5.46. The predicted molar refractivity (Wildman–Crippen MR) is 68.0 cm³/mol. The number of thiazole rings is 1. The number of hydrazine groups is 1. The van der Waals surface area contributed by atoms with Crippen molar-refractivity contribution in [2.75, 3.05) is 0 Å². The Bertz CT molecular complexity index is 342. The third-order valence-electron chi connectivity index (χ3n) is 4.65. The van der Waals surface area contributed by atoms with E-state index < -0.39 is 0 Å². The Labute approximate surface area is 101 Å². The van der Waals surface area contributed by atoms with Gasteiger partial charge in [-0.05, 0) is 16.7 Å². The predicted octanol–water partition coefficient (Wildman–Crippen LogP) is 2.20. The molecule has 1 aromatic rings. The minimum absolute atomic E-state index is 0.352. The number of rotatable bonds is 4. The van der Waals surface area contributed by atoms with Crippen LogP contribution in [0.25, 0.3) is 0 Å². The zero-order valence-corrected chi connectivity index (χ0v) is 11.3. The second-order valence-electron chi connectivity index (χ2n) is 5.87. The van der Waals surface area contributed by atoms with E-state index >= 15 is 0 Å². The summed E-state index contributed by atoms with van der Waals surface area (Å²) in [5, 5.41) is 0. The number of hydrogen-bond acceptors (Lipinski definition) is 4. The summed E-state index contributed by atoms with van der Waals surface area (Å²) in [7, 11) is 0. The molecule has 0 bridgehead atoms. The summed E-state index contributed by atoms with van der Waals surface area (Å²) in [6.07, 6.45) is 2.93. The Morgan fingerprint density at radius 1 is 1.44 bits per heavy atom. The fourth-order valence-corrected chi connectivity index (χ4v) is 3.74. The molecule has 3 nitrogen and oxygen atoms in total. The van der Waals surface area contributed by atoms with Gasteiger partial charge in [-0.25, -0.2) is 0 Å². The Kier molecular flexibility index (Phi) is 2.85. The molecule has 3 N–H and O–H groups in total. The molecule has 1 aliphatic carbocycles. The molecule has 0 aliphatic heterocycles. The number of aromatic nitrogens is 1. The summed E-state index contributed by atoms with van der Waals surface area (Å²) in [4.78, 5) is 5.42. The van der Waals surface area contributed by atoms with Gasteiger partial charge in [0.25, 0.3) is 0 Å². The smallest absolute Gasteiger partial charge is 0.0794 e. The van der Waals surface area contributed by atoms with Gasteiger partial charge in [0.1, 0.15) is 0 Å². The van der Waals surface area contributed by atoms with E-state index in [4.69, 9.17) is 5.84 Å². The highest BCUT2D eigenvalue weighted by atomic mass is 32.1. The zero-order valence-electron chi connectivity index (χ0n) is 10.4. The van der Waals surface area contributed by atoms with Gasteiger partial charge in [-0.2, -0.15) is 0 Å². The van der Waals surface area contributed by atoms with E-state index in [9.17, 15) is 0 Å². The maximum Gasteiger partial charge on any atom is 0.0794 e. The molecule has 0 saturated heterocycles. The van der Waals surface area contributed by atoms with E-state index in [1.165, 1.54) is 4.88 Å². The fourth-order valence-electron chi connectivity index (χ4n) is 3.09. The molecule has 16 heavy (non-hydrogen) atoms. The van der Waals surface area contributed by atoms with Gasteiger partial charge in [0.2, 0.25) is 0 Å². The van der Waals surface area contributed by atoms with Crippen LogP contribution in [0.5, 0.6) is 0 Å². The van der Waals surface area contributed by atoms with Gasteiger partial charge in [0, 0.05) is 23.5 Å². The molecular weight excluding hydrogens is 218 g/mol. The molecule has 0 spiro atoms. The monoisotopic (exact) mass is 239 g/mol. The van der Waals surface area contributed by atoms with Crippen molar-refractivity contribution < 1.29 is 0 Å². The van der Waals surface area contributed by atoms with Crippen LogP contribution in [0.3, 0.4) is 0 Å². The molecule has 4 heteroatoms. The van der Waals surface area contributed by atoms with Crippen molar-refractivity contribution in [1.29, 1.82) is 0 Å². The van der Waals surface area contributed by atoms with Crippen molar-refractivity contribution in [2.24, 2.45) is 22.6 Å². The first-order valence-electron chi connectivity index (χ1n) is 5.74. The highest BCUT2D eigenvalue weighted by Crippen LogP contribution is 2.69. The fraction of sp³-hybridized carbons (Fsp3) is 0.750. The molecule has 0 radical (unpaired) electrons. The maximum atomic E-state index is 5.71. The molecule has 2 rings (SSSR count). The molecule has 1 fully saturated rings. The molecule has 1 atom stereocenters. The second-order valence-corrected chi connectivity index (χ2v) is 6.84. The lowest BCUT2D eigenvalue weighted by Gasteiger charge is -2.17. The Morgan fingerprint density at radius 2 is 2.06 bits per heavy atom. The van der Waals surface area contributed by atoms with Crippen molar-refractivity contribution in [3.05, 3.63) is 16.6 Å². The summed E-state index contributed by atoms with van der Waals surface area (Å²) in [5.41, 5.74) is 5.61. The average molecular weight is 239 g/mol. The van der Waals surface area contributed by atoms with E-state index in [-0.39, 0.29) is 0 Å². The van der Waals surface area contributed by atoms with E-state index in [2.05, 4.69) is 38.1 Å². The van der Waals surface area contributed by atoms with Crippen molar-refractivity contribution in [2.45, 2.75) is 40.2 Å². The van der Waals surface area contributed by atoms with E-state index in [1.807, 2.05) is 11.7 Å². The normalized spacial score (nSPS) is 24.3. The van der Waals surface area contributed by atoms with Gasteiger partial charge < -0.3 is 0 Å². The van der Waals surface area contributed by atoms with Crippen LogP contribution in [0.4, 0.5) is 0 Å². The molecule has 0 aromatic carbocycles. The lowest BCUT2D eigenvalue weighted by atomic mass is 10.0. The second kappa shape index (κ2) is 3.79. The van der Waals surface area contributed by atoms with Crippen molar-refractivity contribution in [1.82, 2.24) is 10.4 Å². The SMILES string of the molecule is CC1(C)C(C(Cc2cncs2)NN)C1(C)C. The largest absolute Gasteiger partial charge is 0.271 e. The quantitative estimate of drug-likeness (QED) is 0.625.